The molecule has 120 valence electrons. The van der Waals surface area contributed by atoms with E-state index in [4.69, 9.17) is 4.74 Å². The first kappa shape index (κ1) is 15.5. The number of hydrogen-bond donors (Lipinski definition) is 0. The Bertz CT molecular complexity index is 706. The summed E-state index contributed by atoms with van der Waals surface area (Å²) in [6.07, 6.45) is 4.35. The summed E-state index contributed by atoms with van der Waals surface area (Å²) in [5.41, 5.74) is 0.966. The summed E-state index contributed by atoms with van der Waals surface area (Å²) in [6, 6.07) is 11.0. The molecule has 2 aromatic rings. The molecule has 0 unspecified atom stereocenters. The smallest absolute Gasteiger partial charge is 0.357 e. The van der Waals surface area contributed by atoms with Crippen molar-refractivity contribution in [3.05, 3.63) is 42.1 Å². The maximum absolute atomic E-state index is 12.1. The molecule has 3 rings (SSSR count). The van der Waals surface area contributed by atoms with E-state index in [9.17, 15) is 9.59 Å². The second kappa shape index (κ2) is 7.22. The van der Waals surface area contributed by atoms with Crippen molar-refractivity contribution >= 4 is 22.8 Å². The minimum atomic E-state index is -0.557. The van der Waals surface area contributed by atoms with Crippen molar-refractivity contribution in [2.75, 3.05) is 19.7 Å². The first-order chi connectivity index (χ1) is 11.2. The van der Waals surface area contributed by atoms with E-state index in [1.807, 2.05) is 30.3 Å². The number of aromatic nitrogens is 1. The van der Waals surface area contributed by atoms with Gasteiger partial charge in [-0.1, -0.05) is 37.1 Å². The van der Waals surface area contributed by atoms with Gasteiger partial charge in [-0.2, -0.15) is 0 Å². The number of benzene rings is 1. The van der Waals surface area contributed by atoms with Crippen LogP contribution in [-0.2, 0) is 9.53 Å². The number of hydrogen-bond acceptors (Lipinski definition) is 4. The highest BCUT2D eigenvalue weighted by Crippen LogP contribution is 2.13. The van der Waals surface area contributed by atoms with Crippen molar-refractivity contribution in [1.82, 2.24) is 9.88 Å². The molecule has 0 aliphatic carbocycles. The van der Waals surface area contributed by atoms with E-state index in [-0.39, 0.29) is 18.2 Å². The fourth-order valence-electron chi connectivity index (χ4n) is 2.79. The highest BCUT2D eigenvalue weighted by molar-refractivity contribution is 5.92. The predicted octanol–water partition coefficient (Wildman–Crippen LogP) is 2.79. The molecule has 1 aliphatic rings. The number of rotatable bonds is 3. The van der Waals surface area contributed by atoms with E-state index in [0.29, 0.717) is 0 Å². The van der Waals surface area contributed by atoms with Gasteiger partial charge >= 0.3 is 5.97 Å². The largest absolute Gasteiger partial charge is 0.451 e. The van der Waals surface area contributed by atoms with E-state index in [1.54, 1.807) is 11.0 Å². The molecule has 1 fully saturated rings. The molecule has 1 saturated heterocycles. The number of carbonyl (C=O) groups is 2. The summed E-state index contributed by atoms with van der Waals surface area (Å²) in [5.74, 6) is -0.681. The number of carbonyl (C=O) groups excluding carboxylic acids is 2. The molecule has 5 heteroatoms. The van der Waals surface area contributed by atoms with Crippen LogP contribution >= 0.6 is 0 Å². The minimum Gasteiger partial charge on any atom is -0.451 e. The summed E-state index contributed by atoms with van der Waals surface area (Å²) >= 11 is 0. The standard InChI is InChI=1S/C18H20N2O3/c21-17(20-11-5-1-2-6-12-20)13-23-18(22)16-10-9-14-7-3-4-8-15(14)19-16/h3-4,7-10H,1-2,5-6,11-13H2. The van der Waals surface area contributed by atoms with Gasteiger partial charge in [0.25, 0.3) is 5.91 Å². The third-order valence-electron chi connectivity index (χ3n) is 4.09. The van der Waals surface area contributed by atoms with Gasteiger partial charge in [0.05, 0.1) is 5.52 Å². The lowest BCUT2D eigenvalue weighted by Crippen LogP contribution is -2.35. The number of pyridine rings is 1. The fraction of sp³-hybridized carbons (Fsp3) is 0.389. The highest BCUT2D eigenvalue weighted by Gasteiger charge is 2.18. The number of esters is 1. The fourth-order valence-corrected chi connectivity index (χ4v) is 2.79. The van der Waals surface area contributed by atoms with Gasteiger partial charge in [0, 0.05) is 18.5 Å². The summed E-state index contributed by atoms with van der Waals surface area (Å²) < 4.78 is 5.14. The molecule has 2 heterocycles. The molecule has 1 amide bonds. The summed E-state index contributed by atoms with van der Waals surface area (Å²) in [4.78, 5) is 30.3. The van der Waals surface area contributed by atoms with Crippen LogP contribution in [-0.4, -0.2) is 41.5 Å². The first-order valence-corrected chi connectivity index (χ1v) is 8.05. The van der Waals surface area contributed by atoms with Gasteiger partial charge in [-0.05, 0) is 25.0 Å². The van der Waals surface area contributed by atoms with Crippen molar-refractivity contribution in [1.29, 1.82) is 0 Å². The lowest BCUT2D eigenvalue weighted by atomic mass is 10.2. The molecule has 0 saturated carbocycles. The molecule has 5 nitrogen and oxygen atoms in total. The van der Waals surface area contributed by atoms with E-state index < -0.39 is 5.97 Å². The maximum Gasteiger partial charge on any atom is 0.357 e. The molecule has 0 N–H and O–H groups in total. The van der Waals surface area contributed by atoms with Gasteiger partial charge < -0.3 is 9.64 Å². The Morgan fingerprint density at radius 3 is 2.52 bits per heavy atom. The number of fused-ring (bicyclic) bond motifs is 1. The zero-order valence-corrected chi connectivity index (χ0v) is 13.0. The van der Waals surface area contributed by atoms with Crippen molar-refractivity contribution in [2.24, 2.45) is 0 Å². The minimum absolute atomic E-state index is 0.124. The van der Waals surface area contributed by atoms with Crippen LogP contribution < -0.4 is 0 Å². The van der Waals surface area contributed by atoms with Crippen LogP contribution in [0.3, 0.4) is 0 Å². The van der Waals surface area contributed by atoms with Crippen LogP contribution in [0.15, 0.2) is 36.4 Å². The van der Waals surface area contributed by atoms with Gasteiger partial charge in [0.15, 0.2) is 6.61 Å². The second-order valence-electron chi connectivity index (χ2n) is 5.76. The molecular weight excluding hydrogens is 292 g/mol. The summed E-state index contributed by atoms with van der Waals surface area (Å²) in [7, 11) is 0. The van der Waals surface area contributed by atoms with E-state index in [2.05, 4.69) is 4.98 Å². The number of amides is 1. The zero-order valence-electron chi connectivity index (χ0n) is 13.0. The molecule has 1 aromatic carbocycles. The summed E-state index contributed by atoms with van der Waals surface area (Å²) in [5, 5.41) is 0.963. The molecule has 0 bridgehead atoms. The molecule has 1 aliphatic heterocycles. The molecule has 23 heavy (non-hydrogen) atoms. The van der Waals surface area contributed by atoms with Crippen molar-refractivity contribution in [2.45, 2.75) is 25.7 Å². The topological polar surface area (TPSA) is 59.5 Å². The average molecular weight is 312 g/mol. The summed E-state index contributed by atoms with van der Waals surface area (Å²) in [6.45, 7) is 1.29. The highest BCUT2D eigenvalue weighted by atomic mass is 16.5. The van der Waals surface area contributed by atoms with Crippen molar-refractivity contribution in [3.63, 3.8) is 0 Å². The van der Waals surface area contributed by atoms with Crippen LogP contribution in [0.4, 0.5) is 0 Å². The number of ether oxygens (including phenoxy) is 1. The van der Waals surface area contributed by atoms with Gasteiger partial charge in [-0.3, -0.25) is 4.79 Å². The Labute approximate surface area is 135 Å². The van der Waals surface area contributed by atoms with Gasteiger partial charge in [-0.25, -0.2) is 9.78 Å². The van der Waals surface area contributed by atoms with Crippen LogP contribution in [0, 0.1) is 0 Å². The monoisotopic (exact) mass is 312 g/mol. The predicted molar refractivity (Wildman–Crippen MR) is 87.1 cm³/mol. The van der Waals surface area contributed by atoms with E-state index in [0.717, 1.165) is 49.7 Å². The third kappa shape index (κ3) is 3.86. The van der Waals surface area contributed by atoms with Gasteiger partial charge in [-0.15, -0.1) is 0 Å². The Kier molecular flexibility index (Phi) is 4.86. The Balaban J connectivity index is 1.60. The normalized spacial score (nSPS) is 15.2. The molecule has 0 spiro atoms. The van der Waals surface area contributed by atoms with Crippen molar-refractivity contribution < 1.29 is 14.3 Å². The van der Waals surface area contributed by atoms with Crippen LogP contribution in [0.2, 0.25) is 0 Å². The Morgan fingerprint density at radius 2 is 1.74 bits per heavy atom. The Morgan fingerprint density at radius 1 is 1.00 bits per heavy atom. The second-order valence-corrected chi connectivity index (χ2v) is 5.76. The number of nitrogens with zero attached hydrogens (tertiary/aromatic N) is 2. The molecule has 0 atom stereocenters. The first-order valence-electron chi connectivity index (χ1n) is 8.05. The van der Waals surface area contributed by atoms with E-state index >= 15 is 0 Å². The van der Waals surface area contributed by atoms with E-state index in [1.165, 1.54) is 0 Å². The van der Waals surface area contributed by atoms with Crippen LogP contribution in [0.25, 0.3) is 10.9 Å². The average Bonchev–Trinajstić information content (AvgIpc) is 2.88. The third-order valence-corrected chi connectivity index (χ3v) is 4.09. The van der Waals surface area contributed by atoms with Gasteiger partial charge in [0.1, 0.15) is 5.69 Å². The molecule has 1 aromatic heterocycles. The van der Waals surface area contributed by atoms with Crippen LogP contribution in [0.5, 0.6) is 0 Å². The van der Waals surface area contributed by atoms with Gasteiger partial charge in [0.2, 0.25) is 0 Å². The number of likely N-dealkylation sites (tertiary alicyclic amines) is 1. The molecular formula is C18H20N2O3. The zero-order chi connectivity index (χ0) is 16.1. The van der Waals surface area contributed by atoms with Crippen molar-refractivity contribution in [3.8, 4) is 0 Å². The SMILES string of the molecule is O=C(OCC(=O)N1CCCCCC1)c1ccc2ccccc2n1. The quantitative estimate of drug-likeness (QED) is 0.818. The van der Waals surface area contributed by atoms with Crippen LogP contribution in [0.1, 0.15) is 36.2 Å². The molecule has 0 radical (unpaired) electrons. The lowest BCUT2D eigenvalue weighted by Gasteiger charge is -2.19. The number of para-hydroxylation sites is 1. The Hall–Kier alpha value is -2.43. The maximum atomic E-state index is 12.1. The lowest BCUT2D eigenvalue weighted by molar-refractivity contribution is -0.134.